The summed E-state index contributed by atoms with van der Waals surface area (Å²) < 4.78 is 2.08. The summed E-state index contributed by atoms with van der Waals surface area (Å²) in [4.78, 5) is 29.7. The number of pyridine rings is 1. The molecular weight excluding hydrogens is 310 g/mol. The SMILES string of the molecule is O=C(NC1CCCCC1)c1cccn2c(=O)c3sccc3nc12. The van der Waals surface area contributed by atoms with Crippen molar-refractivity contribution >= 4 is 33.1 Å². The molecule has 0 spiro atoms. The molecule has 0 aromatic carbocycles. The maximum absolute atomic E-state index is 12.6. The Morgan fingerprint density at radius 1 is 1.26 bits per heavy atom. The van der Waals surface area contributed by atoms with Gasteiger partial charge in [-0.05, 0) is 36.4 Å². The van der Waals surface area contributed by atoms with Crippen molar-refractivity contribution in [3.8, 4) is 0 Å². The van der Waals surface area contributed by atoms with E-state index < -0.39 is 0 Å². The standard InChI is InChI=1S/C17H17N3O2S/c21-16(18-11-5-2-1-3-6-11)12-7-4-9-20-15(12)19-13-8-10-23-14(13)17(20)22/h4,7-11H,1-3,5-6H2,(H,18,21). The van der Waals surface area contributed by atoms with E-state index in [9.17, 15) is 9.59 Å². The number of hydrogen-bond acceptors (Lipinski definition) is 4. The predicted octanol–water partition coefficient (Wildman–Crippen LogP) is 2.97. The molecule has 3 heterocycles. The minimum atomic E-state index is -0.142. The van der Waals surface area contributed by atoms with Crippen LogP contribution < -0.4 is 10.9 Å². The Hall–Kier alpha value is -2.21. The van der Waals surface area contributed by atoms with E-state index in [1.807, 2.05) is 11.4 Å². The molecule has 0 unspecified atom stereocenters. The lowest BCUT2D eigenvalue weighted by Crippen LogP contribution is -2.36. The van der Waals surface area contributed by atoms with Gasteiger partial charge in [-0.1, -0.05) is 19.3 Å². The van der Waals surface area contributed by atoms with Gasteiger partial charge < -0.3 is 5.32 Å². The molecule has 0 radical (unpaired) electrons. The van der Waals surface area contributed by atoms with Gasteiger partial charge in [0.1, 0.15) is 4.70 Å². The number of fused-ring (bicyclic) bond motifs is 2. The summed E-state index contributed by atoms with van der Waals surface area (Å²) in [6.07, 6.45) is 7.29. The summed E-state index contributed by atoms with van der Waals surface area (Å²) in [5.41, 5.74) is 1.42. The molecule has 0 atom stereocenters. The zero-order valence-corrected chi connectivity index (χ0v) is 13.4. The van der Waals surface area contributed by atoms with Gasteiger partial charge in [0.2, 0.25) is 0 Å². The number of rotatable bonds is 2. The van der Waals surface area contributed by atoms with Crippen molar-refractivity contribution in [3.05, 3.63) is 45.7 Å². The number of nitrogens with zero attached hydrogens (tertiary/aromatic N) is 2. The number of thiophene rings is 1. The van der Waals surface area contributed by atoms with Gasteiger partial charge in [-0.2, -0.15) is 0 Å². The monoisotopic (exact) mass is 327 g/mol. The molecule has 1 N–H and O–H groups in total. The average molecular weight is 327 g/mol. The first-order valence-corrected chi connectivity index (χ1v) is 8.81. The molecule has 6 heteroatoms. The molecule has 23 heavy (non-hydrogen) atoms. The van der Waals surface area contributed by atoms with E-state index in [1.165, 1.54) is 22.2 Å². The molecule has 118 valence electrons. The number of nitrogens with one attached hydrogen (secondary N) is 1. The number of amides is 1. The molecule has 0 aliphatic heterocycles. The Bertz CT molecular complexity index is 938. The number of carbonyl (C=O) groups is 1. The van der Waals surface area contributed by atoms with Crippen LogP contribution in [-0.4, -0.2) is 21.3 Å². The average Bonchev–Trinajstić information content (AvgIpc) is 3.04. The van der Waals surface area contributed by atoms with Gasteiger partial charge in [-0.15, -0.1) is 11.3 Å². The van der Waals surface area contributed by atoms with Crippen LogP contribution in [0.4, 0.5) is 0 Å². The number of carbonyl (C=O) groups excluding carboxylic acids is 1. The zero-order chi connectivity index (χ0) is 15.8. The minimum absolute atomic E-state index is 0.118. The van der Waals surface area contributed by atoms with Gasteiger partial charge in [-0.3, -0.25) is 14.0 Å². The normalized spacial score (nSPS) is 16.0. The van der Waals surface area contributed by atoms with Crippen molar-refractivity contribution < 1.29 is 4.79 Å². The second kappa shape index (κ2) is 5.77. The lowest BCUT2D eigenvalue weighted by Gasteiger charge is -2.22. The maximum Gasteiger partial charge on any atom is 0.275 e. The third kappa shape index (κ3) is 2.53. The first-order valence-electron chi connectivity index (χ1n) is 7.93. The molecule has 1 aliphatic rings. The lowest BCUT2D eigenvalue weighted by atomic mass is 9.95. The largest absolute Gasteiger partial charge is 0.349 e. The van der Waals surface area contributed by atoms with E-state index in [2.05, 4.69) is 10.3 Å². The van der Waals surface area contributed by atoms with Crippen molar-refractivity contribution in [2.75, 3.05) is 0 Å². The van der Waals surface area contributed by atoms with E-state index in [0.717, 1.165) is 25.7 Å². The molecule has 1 saturated carbocycles. The van der Waals surface area contributed by atoms with Crippen molar-refractivity contribution in [3.63, 3.8) is 0 Å². The fourth-order valence-electron chi connectivity index (χ4n) is 3.24. The quantitative estimate of drug-likeness (QED) is 0.787. The first kappa shape index (κ1) is 14.4. The van der Waals surface area contributed by atoms with E-state index in [-0.39, 0.29) is 17.5 Å². The number of hydrogen-bond donors (Lipinski definition) is 1. The minimum Gasteiger partial charge on any atom is -0.349 e. The van der Waals surface area contributed by atoms with E-state index in [0.29, 0.717) is 21.4 Å². The van der Waals surface area contributed by atoms with Crippen LogP contribution in [0.25, 0.3) is 15.9 Å². The molecular formula is C17H17N3O2S. The Kier molecular flexibility index (Phi) is 3.61. The van der Waals surface area contributed by atoms with Crippen LogP contribution in [0.1, 0.15) is 42.5 Å². The van der Waals surface area contributed by atoms with Crippen LogP contribution in [-0.2, 0) is 0 Å². The van der Waals surface area contributed by atoms with Crippen LogP contribution >= 0.6 is 11.3 Å². The molecule has 5 nitrogen and oxygen atoms in total. The maximum atomic E-state index is 12.6. The van der Waals surface area contributed by atoms with Gasteiger partial charge in [0.05, 0.1) is 11.1 Å². The van der Waals surface area contributed by atoms with Crippen LogP contribution in [0.3, 0.4) is 0 Å². The highest BCUT2D eigenvalue weighted by Crippen LogP contribution is 2.20. The lowest BCUT2D eigenvalue weighted by molar-refractivity contribution is 0.0929. The van der Waals surface area contributed by atoms with Crippen molar-refractivity contribution in [2.24, 2.45) is 0 Å². The van der Waals surface area contributed by atoms with Crippen LogP contribution in [0.15, 0.2) is 34.6 Å². The Balaban J connectivity index is 1.78. The molecule has 0 saturated heterocycles. The van der Waals surface area contributed by atoms with Gasteiger partial charge >= 0.3 is 0 Å². The Morgan fingerprint density at radius 3 is 2.91 bits per heavy atom. The summed E-state index contributed by atoms with van der Waals surface area (Å²) in [7, 11) is 0. The fourth-order valence-corrected chi connectivity index (χ4v) is 4.01. The fraction of sp³-hybridized carbons (Fsp3) is 0.353. The molecule has 3 aromatic heterocycles. The predicted molar refractivity (Wildman–Crippen MR) is 91.2 cm³/mol. The van der Waals surface area contributed by atoms with Crippen molar-refractivity contribution in [1.29, 1.82) is 0 Å². The molecule has 0 bridgehead atoms. The van der Waals surface area contributed by atoms with Crippen molar-refractivity contribution in [1.82, 2.24) is 14.7 Å². The highest BCUT2D eigenvalue weighted by Gasteiger charge is 2.19. The van der Waals surface area contributed by atoms with Crippen LogP contribution in [0.2, 0.25) is 0 Å². The molecule has 1 aliphatic carbocycles. The van der Waals surface area contributed by atoms with E-state index in [4.69, 9.17) is 0 Å². The van der Waals surface area contributed by atoms with E-state index >= 15 is 0 Å². The van der Waals surface area contributed by atoms with Crippen molar-refractivity contribution in [2.45, 2.75) is 38.1 Å². The zero-order valence-electron chi connectivity index (χ0n) is 12.6. The summed E-state index contributed by atoms with van der Waals surface area (Å²) >= 11 is 1.38. The molecule has 4 rings (SSSR count). The van der Waals surface area contributed by atoms with Gasteiger partial charge in [0.25, 0.3) is 11.5 Å². The highest BCUT2D eigenvalue weighted by atomic mass is 32.1. The highest BCUT2D eigenvalue weighted by molar-refractivity contribution is 7.17. The summed E-state index contributed by atoms with van der Waals surface area (Å²) in [6.45, 7) is 0. The van der Waals surface area contributed by atoms with Gasteiger partial charge in [-0.25, -0.2) is 4.98 Å². The molecule has 3 aromatic rings. The smallest absolute Gasteiger partial charge is 0.275 e. The Morgan fingerprint density at radius 2 is 2.09 bits per heavy atom. The third-order valence-electron chi connectivity index (χ3n) is 4.44. The summed E-state index contributed by atoms with van der Waals surface area (Å²) in [5.74, 6) is -0.142. The second-order valence-electron chi connectivity index (χ2n) is 5.98. The molecule has 1 amide bonds. The topological polar surface area (TPSA) is 63.5 Å². The second-order valence-corrected chi connectivity index (χ2v) is 6.89. The molecule has 1 fully saturated rings. The first-order chi connectivity index (χ1) is 11.2. The van der Waals surface area contributed by atoms with Crippen LogP contribution in [0, 0.1) is 0 Å². The van der Waals surface area contributed by atoms with Gasteiger partial charge in [0.15, 0.2) is 5.65 Å². The summed E-state index contributed by atoms with van der Waals surface area (Å²) in [5, 5.41) is 4.94. The van der Waals surface area contributed by atoms with Gasteiger partial charge in [0, 0.05) is 12.2 Å². The number of aromatic nitrogens is 2. The van der Waals surface area contributed by atoms with E-state index in [1.54, 1.807) is 18.3 Å². The Labute approximate surface area is 137 Å². The third-order valence-corrected chi connectivity index (χ3v) is 5.33. The van der Waals surface area contributed by atoms with Crippen LogP contribution in [0.5, 0.6) is 0 Å². The summed E-state index contributed by atoms with van der Waals surface area (Å²) in [6, 6.07) is 5.51.